The first-order valence-electron chi connectivity index (χ1n) is 8.45. The number of hydrogen-bond acceptors (Lipinski definition) is 6. The molecule has 8 nitrogen and oxygen atoms in total. The highest BCUT2D eigenvalue weighted by Crippen LogP contribution is 2.33. The predicted octanol–water partition coefficient (Wildman–Crippen LogP) is 1.90. The quantitative estimate of drug-likeness (QED) is 0.534. The number of methoxy groups -OCH3 is 3. The molecule has 8 heteroatoms. The minimum absolute atomic E-state index is 0.201. The lowest BCUT2D eigenvalue weighted by Gasteiger charge is -2.11. The lowest BCUT2D eigenvalue weighted by molar-refractivity contribution is -0.120. The maximum atomic E-state index is 12.0. The molecule has 28 heavy (non-hydrogen) atoms. The van der Waals surface area contributed by atoms with Crippen molar-refractivity contribution in [2.24, 2.45) is 5.10 Å². The molecule has 0 fully saturated rings. The molecule has 2 N–H and O–H groups in total. The monoisotopic (exact) mass is 385 g/mol. The summed E-state index contributed by atoms with van der Waals surface area (Å²) in [5, 5.41) is 6.44. The van der Waals surface area contributed by atoms with Crippen molar-refractivity contribution < 1.29 is 23.8 Å². The second-order valence-corrected chi connectivity index (χ2v) is 5.79. The van der Waals surface area contributed by atoms with E-state index in [1.807, 2.05) is 13.0 Å². The Kier molecular flexibility index (Phi) is 7.38. The number of ether oxygens (including phenoxy) is 3. The van der Waals surface area contributed by atoms with Crippen molar-refractivity contribution in [1.82, 2.24) is 10.7 Å². The molecule has 0 radical (unpaired) electrons. The van der Waals surface area contributed by atoms with Gasteiger partial charge < -0.3 is 19.5 Å². The van der Waals surface area contributed by atoms with Gasteiger partial charge in [-0.2, -0.15) is 5.10 Å². The number of amides is 2. The Hall–Kier alpha value is -3.55. The molecule has 0 aliphatic rings. The Morgan fingerprint density at radius 1 is 1.00 bits per heavy atom. The summed E-state index contributed by atoms with van der Waals surface area (Å²) in [4.78, 5) is 23.9. The number of hydrogen-bond donors (Lipinski definition) is 2. The lowest BCUT2D eigenvalue weighted by Crippen LogP contribution is -2.34. The van der Waals surface area contributed by atoms with Crippen molar-refractivity contribution in [3.63, 3.8) is 0 Å². The molecule has 0 saturated heterocycles. The number of carbonyl (C=O) groups is 2. The van der Waals surface area contributed by atoms with Crippen LogP contribution in [-0.4, -0.2) is 45.9 Å². The third kappa shape index (κ3) is 5.47. The Bertz CT molecular complexity index is 880. The molecule has 2 amide bonds. The van der Waals surface area contributed by atoms with Crippen molar-refractivity contribution in [1.29, 1.82) is 0 Å². The molecule has 0 atom stereocenters. The topological polar surface area (TPSA) is 98.2 Å². The van der Waals surface area contributed by atoms with Gasteiger partial charge in [0.2, 0.25) is 0 Å². The van der Waals surface area contributed by atoms with E-state index < -0.39 is 5.91 Å². The van der Waals surface area contributed by atoms with Gasteiger partial charge in [-0.3, -0.25) is 9.59 Å². The number of hydrazone groups is 1. The first-order valence-corrected chi connectivity index (χ1v) is 8.45. The molecule has 148 valence electrons. The summed E-state index contributed by atoms with van der Waals surface area (Å²) in [5.74, 6) is 0.727. The maximum absolute atomic E-state index is 12.0. The van der Waals surface area contributed by atoms with Gasteiger partial charge in [0.05, 0.1) is 34.1 Å². The normalized spacial score (nSPS) is 10.4. The molecule has 0 spiro atoms. The van der Waals surface area contributed by atoms with Gasteiger partial charge in [0.25, 0.3) is 11.8 Å². The number of rotatable bonds is 8. The number of nitrogens with zero attached hydrogens (tertiary/aromatic N) is 1. The van der Waals surface area contributed by atoms with Crippen LogP contribution in [-0.2, 0) is 4.79 Å². The fourth-order valence-electron chi connectivity index (χ4n) is 2.42. The van der Waals surface area contributed by atoms with Gasteiger partial charge in [-0.25, -0.2) is 5.43 Å². The van der Waals surface area contributed by atoms with Crippen molar-refractivity contribution >= 4 is 18.0 Å². The number of benzene rings is 2. The molecule has 0 heterocycles. The summed E-state index contributed by atoms with van der Waals surface area (Å²) >= 11 is 0. The Morgan fingerprint density at radius 2 is 1.68 bits per heavy atom. The van der Waals surface area contributed by atoms with Gasteiger partial charge in [0.1, 0.15) is 5.75 Å². The molecular weight excluding hydrogens is 362 g/mol. The zero-order valence-electron chi connectivity index (χ0n) is 16.2. The lowest BCUT2D eigenvalue weighted by atomic mass is 10.1. The number of nitrogens with one attached hydrogen (secondary N) is 2. The van der Waals surface area contributed by atoms with Gasteiger partial charge in [0, 0.05) is 17.2 Å². The summed E-state index contributed by atoms with van der Waals surface area (Å²) in [7, 11) is 4.55. The molecule has 0 aromatic heterocycles. The van der Waals surface area contributed by atoms with E-state index in [0.29, 0.717) is 28.4 Å². The van der Waals surface area contributed by atoms with Gasteiger partial charge >= 0.3 is 0 Å². The van der Waals surface area contributed by atoms with E-state index in [0.717, 1.165) is 5.56 Å². The average Bonchev–Trinajstić information content (AvgIpc) is 2.71. The Balaban J connectivity index is 1.95. The minimum atomic E-state index is -0.461. The summed E-state index contributed by atoms with van der Waals surface area (Å²) in [6.45, 7) is 1.69. The second-order valence-electron chi connectivity index (χ2n) is 5.79. The summed E-state index contributed by atoms with van der Waals surface area (Å²) < 4.78 is 15.7. The van der Waals surface area contributed by atoms with E-state index in [4.69, 9.17) is 14.2 Å². The molecule has 0 aliphatic carbocycles. The van der Waals surface area contributed by atoms with E-state index in [1.54, 1.807) is 30.3 Å². The van der Waals surface area contributed by atoms with Crippen LogP contribution in [0.5, 0.6) is 17.2 Å². The Labute approximate surface area is 163 Å². The van der Waals surface area contributed by atoms with Crippen LogP contribution >= 0.6 is 0 Å². The first kappa shape index (κ1) is 20.8. The summed E-state index contributed by atoms with van der Waals surface area (Å²) in [6, 6.07) is 10.4. The molecule has 0 unspecified atom stereocenters. The van der Waals surface area contributed by atoms with Crippen LogP contribution < -0.4 is 25.0 Å². The van der Waals surface area contributed by atoms with Gasteiger partial charge in [-0.05, 0) is 25.1 Å². The molecule has 2 aromatic carbocycles. The van der Waals surface area contributed by atoms with Crippen LogP contribution in [0.15, 0.2) is 41.5 Å². The highest BCUT2D eigenvalue weighted by Gasteiger charge is 2.11. The van der Waals surface area contributed by atoms with Crippen LogP contribution in [0.25, 0.3) is 0 Å². The highest BCUT2D eigenvalue weighted by atomic mass is 16.5. The molecule has 2 rings (SSSR count). The molecule has 2 aromatic rings. The molecule has 0 bridgehead atoms. The Morgan fingerprint density at radius 3 is 2.32 bits per heavy atom. The van der Waals surface area contributed by atoms with E-state index in [2.05, 4.69) is 15.8 Å². The largest absolute Gasteiger partial charge is 0.496 e. The van der Waals surface area contributed by atoms with Crippen molar-refractivity contribution in [3.8, 4) is 17.2 Å². The SMILES string of the molecule is COc1cc(OC)c(OC)cc1C=NNC(=O)CNC(=O)c1cccc(C)c1. The van der Waals surface area contributed by atoms with Crippen molar-refractivity contribution in [2.45, 2.75) is 6.92 Å². The van der Waals surface area contributed by atoms with Crippen LogP contribution in [0.1, 0.15) is 21.5 Å². The zero-order chi connectivity index (χ0) is 20.5. The second kappa shape index (κ2) is 9.96. The van der Waals surface area contributed by atoms with E-state index >= 15 is 0 Å². The smallest absolute Gasteiger partial charge is 0.259 e. The van der Waals surface area contributed by atoms with Gasteiger partial charge in [0.15, 0.2) is 11.5 Å². The predicted molar refractivity (Wildman–Crippen MR) is 105 cm³/mol. The highest BCUT2D eigenvalue weighted by molar-refractivity contribution is 5.96. The van der Waals surface area contributed by atoms with E-state index in [-0.39, 0.29) is 12.5 Å². The summed E-state index contributed by atoms with van der Waals surface area (Å²) in [5.41, 5.74) is 4.40. The third-order valence-electron chi connectivity index (χ3n) is 3.82. The van der Waals surface area contributed by atoms with Crippen LogP contribution in [0, 0.1) is 6.92 Å². The van der Waals surface area contributed by atoms with Crippen LogP contribution in [0.2, 0.25) is 0 Å². The first-order chi connectivity index (χ1) is 13.5. The van der Waals surface area contributed by atoms with E-state index in [1.165, 1.54) is 27.5 Å². The minimum Gasteiger partial charge on any atom is -0.496 e. The van der Waals surface area contributed by atoms with Crippen LogP contribution in [0.4, 0.5) is 0 Å². The number of carbonyl (C=O) groups excluding carboxylic acids is 2. The van der Waals surface area contributed by atoms with Gasteiger partial charge in [-0.15, -0.1) is 0 Å². The van der Waals surface area contributed by atoms with Crippen LogP contribution in [0.3, 0.4) is 0 Å². The molecule has 0 aliphatic heterocycles. The maximum Gasteiger partial charge on any atom is 0.259 e. The third-order valence-corrected chi connectivity index (χ3v) is 3.82. The fraction of sp³-hybridized carbons (Fsp3) is 0.250. The fourth-order valence-corrected chi connectivity index (χ4v) is 2.42. The van der Waals surface area contributed by atoms with E-state index in [9.17, 15) is 9.59 Å². The zero-order valence-corrected chi connectivity index (χ0v) is 16.2. The standard InChI is InChI=1S/C20H23N3O5/c1-13-6-5-7-14(8-13)20(25)21-12-19(24)23-22-11-15-9-17(27-3)18(28-4)10-16(15)26-2/h5-11H,12H2,1-4H3,(H,21,25)(H,23,24). The molecular formula is C20H23N3O5. The number of aryl methyl sites for hydroxylation is 1. The van der Waals surface area contributed by atoms with Gasteiger partial charge in [-0.1, -0.05) is 17.7 Å². The van der Waals surface area contributed by atoms with Crippen molar-refractivity contribution in [3.05, 3.63) is 53.1 Å². The van der Waals surface area contributed by atoms with Crippen molar-refractivity contribution in [2.75, 3.05) is 27.9 Å². The average molecular weight is 385 g/mol. The summed E-state index contributed by atoms with van der Waals surface area (Å²) in [6.07, 6.45) is 1.42. The molecule has 0 saturated carbocycles.